The quantitative estimate of drug-likeness (QED) is 0.707. The van der Waals surface area contributed by atoms with Gasteiger partial charge in [0.2, 0.25) is 0 Å². The van der Waals surface area contributed by atoms with Crippen molar-refractivity contribution in [3.8, 4) is 11.4 Å². The predicted molar refractivity (Wildman–Crippen MR) is 88.9 cm³/mol. The third kappa shape index (κ3) is 2.77. The van der Waals surface area contributed by atoms with Crippen molar-refractivity contribution in [2.24, 2.45) is 0 Å². The molecule has 0 unspecified atom stereocenters. The van der Waals surface area contributed by atoms with Gasteiger partial charge in [0.1, 0.15) is 5.82 Å². The first-order valence-corrected chi connectivity index (χ1v) is 7.37. The van der Waals surface area contributed by atoms with Gasteiger partial charge in [-0.3, -0.25) is 4.90 Å². The molecule has 0 radical (unpaired) electrons. The summed E-state index contributed by atoms with van der Waals surface area (Å²) in [5, 5.41) is 1.23. The van der Waals surface area contributed by atoms with Crippen LogP contribution in [0, 0.1) is 0 Å². The lowest BCUT2D eigenvalue weighted by molar-refractivity contribution is 0.334. The van der Waals surface area contributed by atoms with Gasteiger partial charge < -0.3 is 4.57 Å². The number of aromatic nitrogens is 2. The van der Waals surface area contributed by atoms with Gasteiger partial charge in [-0.25, -0.2) is 4.98 Å². The number of halogens is 2. The third-order valence-corrected chi connectivity index (χ3v) is 3.80. The highest BCUT2D eigenvalue weighted by molar-refractivity contribution is 6.36. The summed E-state index contributed by atoms with van der Waals surface area (Å²) >= 11 is 12.3. The zero-order chi connectivity index (χ0) is 15.0. The van der Waals surface area contributed by atoms with E-state index in [-0.39, 0.29) is 0 Å². The number of nitrogens with zero attached hydrogens (tertiary/aromatic N) is 3. The van der Waals surface area contributed by atoms with Gasteiger partial charge in [0.25, 0.3) is 0 Å². The average Bonchev–Trinajstić information content (AvgIpc) is 2.77. The van der Waals surface area contributed by atoms with Gasteiger partial charge in [-0.05, 0) is 44.4 Å². The molecule has 5 heteroatoms. The fraction of sp³-hybridized carbons (Fsp3) is 0.188. The van der Waals surface area contributed by atoms with E-state index in [9.17, 15) is 0 Å². The van der Waals surface area contributed by atoms with Gasteiger partial charge in [-0.1, -0.05) is 35.3 Å². The molecule has 0 atom stereocenters. The van der Waals surface area contributed by atoms with Crippen molar-refractivity contribution in [3.05, 3.63) is 52.5 Å². The molecule has 3 aromatic rings. The lowest BCUT2D eigenvalue weighted by atomic mass is 10.2. The van der Waals surface area contributed by atoms with Gasteiger partial charge in [0.05, 0.1) is 22.7 Å². The number of imidazole rings is 1. The maximum atomic E-state index is 6.35. The highest BCUT2D eigenvalue weighted by atomic mass is 35.5. The number of hydrogen-bond acceptors (Lipinski definition) is 2. The van der Waals surface area contributed by atoms with Crippen molar-refractivity contribution in [1.82, 2.24) is 14.5 Å². The van der Waals surface area contributed by atoms with E-state index in [0.717, 1.165) is 29.1 Å². The van der Waals surface area contributed by atoms with E-state index < -0.39 is 0 Å². The van der Waals surface area contributed by atoms with E-state index in [4.69, 9.17) is 28.2 Å². The van der Waals surface area contributed by atoms with E-state index in [1.807, 2.05) is 44.4 Å². The summed E-state index contributed by atoms with van der Waals surface area (Å²) in [6, 6.07) is 13.6. The first-order valence-electron chi connectivity index (χ1n) is 6.61. The summed E-state index contributed by atoms with van der Waals surface area (Å²) in [5.74, 6) is 0.853. The van der Waals surface area contributed by atoms with Crippen molar-refractivity contribution in [1.29, 1.82) is 0 Å². The van der Waals surface area contributed by atoms with Gasteiger partial charge in [0.15, 0.2) is 0 Å². The van der Waals surface area contributed by atoms with E-state index in [0.29, 0.717) is 10.0 Å². The van der Waals surface area contributed by atoms with Crippen LogP contribution < -0.4 is 0 Å². The van der Waals surface area contributed by atoms with Gasteiger partial charge >= 0.3 is 0 Å². The maximum absolute atomic E-state index is 6.35. The first-order chi connectivity index (χ1) is 10.1. The van der Waals surface area contributed by atoms with Crippen LogP contribution in [-0.4, -0.2) is 28.5 Å². The molecule has 0 spiro atoms. The first kappa shape index (κ1) is 14.4. The molecule has 1 heterocycles. The monoisotopic (exact) mass is 319 g/mol. The molecule has 0 bridgehead atoms. The Morgan fingerprint density at radius 1 is 1.10 bits per heavy atom. The highest BCUT2D eigenvalue weighted by Crippen LogP contribution is 2.32. The van der Waals surface area contributed by atoms with Crippen LogP contribution in [0.4, 0.5) is 0 Å². The molecule has 0 aliphatic rings. The fourth-order valence-electron chi connectivity index (χ4n) is 2.38. The molecular weight excluding hydrogens is 305 g/mol. The van der Waals surface area contributed by atoms with Crippen molar-refractivity contribution in [3.63, 3.8) is 0 Å². The minimum atomic E-state index is 0.609. The minimum Gasteiger partial charge on any atom is -0.310 e. The summed E-state index contributed by atoms with van der Waals surface area (Å²) in [6.45, 7) is 0.731. The van der Waals surface area contributed by atoms with Crippen LogP contribution in [0.2, 0.25) is 10.0 Å². The van der Waals surface area contributed by atoms with Crippen LogP contribution in [0.3, 0.4) is 0 Å². The summed E-state index contributed by atoms with van der Waals surface area (Å²) in [4.78, 5) is 6.83. The lowest BCUT2D eigenvalue weighted by Gasteiger charge is -2.15. The molecule has 3 rings (SSSR count). The number of hydrogen-bond donors (Lipinski definition) is 0. The summed E-state index contributed by atoms with van der Waals surface area (Å²) in [6.07, 6.45) is 0. The van der Waals surface area contributed by atoms with Crippen molar-refractivity contribution >= 4 is 34.2 Å². The smallest absolute Gasteiger partial charge is 0.143 e. The largest absolute Gasteiger partial charge is 0.310 e. The molecule has 0 fully saturated rings. The molecule has 0 aliphatic heterocycles. The van der Waals surface area contributed by atoms with Crippen molar-refractivity contribution < 1.29 is 0 Å². The predicted octanol–water partition coefficient (Wildman–Crippen LogP) is 4.53. The van der Waals surface area contributed by atoms with Crippen LogP contribution in [0.1, 0.15) is 0 Å². The van der Waals surface area contributed by atoms with E-state index in [1.54, 1.807) is 6.07 Å². The Hall–Kier alpha value is -1.55. The lowest BCUT2D eigenvalue weighted by Crippen LogP contribution is -2.17. The average molecular weight is 320 g/mol. The molecule has 0 aliphatic carbocycles. The molecule has 2 aromatic carbocycles. The van der Waals surface area contributed by atoms with E-state index in [1.165, 1.54) is 0 Å². The van der Waals surface area contributed by atoms with Crippen molar-refractivity contribution in [2.45, 2.75) is 6.67 Å². The minimum absolute atomic E-state index is 0.609. The summed E-state index contributed by atoms with van der Waals surface area (Å²) < 4.78 is 2.16. The highest BCUT2D eigenvalue weighted by Gasteiger charge is 2.15. The third-order valence-electron chi connectivity index (χ3n) is 3.25. The topological polar surface area (TPSA) is 21.1 Å². The second-order valence-electron chi connectivity index (χ2n) is 5.20. The molecule has 0 saturated carbocycles. The molecule has 0 saturated heterocycles. The second kappa shape index (κ2) is 5.68. The molecule has 108 valence electrons. The number of fused-ring (bicyclic) bond motifs is 1. The molecule has 1 aromatic heterocycles. The van der Waals surface area contributed by atoms with E-state index >= 15 is 0 Å². The zero-order valence-corrected chi connectivity index (χ0v) is 13.4. The Bertz CT molecular complexity index is 793. The summed E-state index contributed by atoms with van der Waals surface area (Å²) in [5.41, 5.74) is 2.94. The Labute approximate surface area is 133 Å². The zero-order valence-electron chi connectivity index (χ0n) is 11.8. The fourth-order valence-corrected chi connectivity index (χ4v) is 2.87. The van der Waals surface area contributed by atoms with Crippen LogP contribution in [0.15, 0.2) is 42.5 Å². The van der Waals surface area contributed by atoms with Gasteiger partial charge in [-0.15, -0.1) is 0 Å². The summed E-state index contributed by atoms with van der Waals surface area (Å²) in [7, 11) is 4.06. The standard InChI is InChI=1S/C16H15Cl2N3/c1-20(2)10-21-15-6-4-3-5-14(15)19-16(21)12-8-7-11(17)9-13(12)18/h3-9H,10H2,1-2H3. The van der Waals surface area contributed by atoms with E-state index in [2.05, 4.69) is 15.5 Å². The number of benzene rings is 2. The molecule has 0 amide bonds. The number of rotatable bonds is 3. The Morgan fingerprint density at radius 3 is 2.57 bits per heavy atom. The van der Waals surface area contributed by atoms with Crippen LogP contribution in [0.25, 0.3) is 22.4 Å². The normalized spacial score (nSPS) is 11.5. The SMILES string of the molecule is CN(C)Cn1c(-c2ccc(Cl)cc2Cl)nc2ccccc21. The van der Waals surface area contributed by atoms with Gasteiger partial charge in [-0.2, -0.15) is 0 Å². The Kier molecular flexibility index (Phi) is 3.89. The molecule has 0 N–H and O–H groups in total. The molecule has 3 nitrogen and oxygen atoms in total. The van der Waals surface area contributed by atoms with Crippen molar-refractivity contribution in [2.75, 3.05) is 14.1 Å². The molecular formula is C16H15Cl2N3. The number of para-hydroxylation sites is 2. The van der Waals surface area contributed by atoms with Gasteiger partial charge in [0, 0.05) is 10.6 Å². The maximum Gasteiger partial charge on any atom is 0.143 e. The Balaban J connectivity index is 2.25. The Morgan fingerprint density at radius 2 is 1.86 bits per heavy atom. The molecule has 21 heavy (non-hydrogen) atoms. The van der Waals surface area contributed by atoms with Crippen LogP contribution in [-0.2, 0) is 6.67 Å². The van der Waals surface area contributed by atoms with Crippen LogP contribution in [0.5, 0.6) is 0 Å². The second-order valence-corrected chi connectivity index (χ2v) is 6.04. The van der Waals surface area contributed by atoms with Crippen LogP contribution >= 0.6 is 23.2 Å².